The molecule has 1 aromatic heterocycles. The normalized spacial score (nSPS) is 12.2. The van der Waals surface area contributed by atoms with Crippen molar-refractivity contribution in [3.05, 3.63) is 52.0 Å². The second-order valence-corrected chi connectivity index (χ2v) is 5.47. The number of hydrogen-bond acceptors (Lipinski definition) is 3. The van der Waals surface area contributed by atoms with Gasteiger partial charge in [-0.2, -0.15) is 0 Å². The summed E-state index contributed by atoms with van der Waals surface area (Å²) in [5.41, 5.74) is 1.01. The number of imidazole rings is 1. The summed E-state index contributed by atoms with van der Waals surface area (Å²) in [7, 11) is 1.79. The largest absolute Gasteiger partial charge is 0.388 e. The molecule has 0 aliphatic heterocycles. The van der Waals surface area contributed by atoms with E-state index in [0.29, 0.717) is 34.3 Å². The first kappa shape index (κ1) is 15.8. The van der Waals surface area contributed by atoms with Gasteiger partial charge in [-0.15, -0.1) is 0 Å². The Hall–Kier alpha value is -1.56. The lowest BCUT2D eigenvalue weighted by Gasteiger charge is -2.12. The molecule has 2 rings (SSSR count). The van der Waals surface area contributed by atoms with Crippen LogP contribution in [0.15, 0.2) is 30.7 Å². The SMILES string of the molecule is Cn1cnc(C(=O)NCCC(O)c2ccc(Cl)c(Cl)c2)c1. The average molecular weight is 328 g/mol. The van der Waals surface area contributed by atoms with Crippen LogP contribution in [0.4, 0.5) is 0 Å². The molecule has 0 bridgehead atoms. The molecule has 1 amide bonds. The fourth-order valence-electron chi connectivity index (χ4n) is 1.83. The summed E-state index contributed by atoms with van der Waals surface area (Å²) in [6, 6.07) is 4.96. The van der Waals surface area contributed by atoms with Crippen molar-refractivity contribution < 1.29 is 9.90 Å². The van der Waals surface area contributed by atoms with Crippen molar-refractivity contribution in [2.24, 2.45) is 7.05 Å². The molecule has 0 saturated carbocycles. The number of carbonyl (C=O) groups is 1. The van der Waals surface area contributed by atoms with E-state index in [-0.39, 0.29) is 5.91 Å². The van der Waals surface area contributed by atoms with Crippen LogP contribution in [0.3, 0.4) is 0 Å². The zero-order valence-corrected chi connectivity index (χ0v) is 12.9. The number of aromatic nitrogens is 2. The van der Waals surface area contributed by atoms with Crippen LogP contribution < -0.4 is 5.32 Å². The predicted molar refractivity (Wildman–Crippen MR) is 81.6 cm³/mol. The second-order valence-electron chi connectivity index (χ2n) is 4.66. The van der Waals surface area contributed by atoms with Crippen LogP contribution in [-0.2, 0) is 7.05 Å². The molecule has 1 atom stereocenters. The topological polar surface area (TPSA) is 67.2 Å². The van der Waals surface area contributed by atoms with Crippen LogP contribution >= 0.6 is 23.2 Å². The van der Waals surface area contributed by atoms with Gasteiger partial charge in [0.25, 0.3) is 5.91 Å². The van der Waals surface area contributed by atoms with Gasteiger partial charge in [0, 0.05) is 19.8 Å². The molecule has 2 N–H and O–H groups in total. The van der Waals surface area contributed by atoms with Crippen molar-refractivity contribution in [1.82, 2.24) is 14.9 Å². The number of aryl methyl sites for hydroxylation is 1. The Morgan fingerprint density at radius 3 is 2.81 bits per heavy atom. The van der Waals surface area contributed by atoms with E-state index in [9.17, 15) is 9.90 Å². The highest BCUT2D eigenvalue weighted by molar-refractivity contribution is 6.42. The van der Waals surface area contributed by atoms with Gasteiger partial charge >= 0.3 is 0 Å². The van der Waals surface area contributed by atoms with Crippen LogP contribution in [0, 0.1) is 0 Å². The smallest absolute Gasteiger partial charge is 0.271 e. The van der Waals surface area contributed by atoms with Crippen molar-refractivity contribution in [3.8, 4) is 0 Å². The summed E-state index contributed by atoms with van der Waals surface area (Å²) < 4.78 is 1.69. The maximum Gasteiger partial charge on any atom is 0.271 e. The lowest BCUT2D eigenvalue weighted by atomic mass is 10.1. The first-order chi connectivity index (χ1) is 9.97. The minimum Gasteiger partial charge on any atom is -0.388 e. The van der Waals surface area contributed by atoms with Crippen molar-refractivity contribution in [1.29, 1.82) is 0 Å². The number of amides is 1. The number of benzene rings is 1. The van der Waals surface area contributed by atoms with E-state index in [4.69, 9.17) is 23.2 Å². The average Bonchev–Trinajstić information content (AvgIpc) is 2.88. The lowest BCUT2D eigenvalue weighted by Crippen LogP contribution is -2.26. The Balaban J connectivity index is 1.85. The van der Waals surface area contributed by atoms with Crippen LogP contribution in [0.2, 0.25) is 10.0 Å². The fraction of sp³-hybridized carbons (Fsp3) is 0.286. The maximum absolute atomic E-state index is 11.8. The Labute approximate surface area is 132 Å². The molecule has 0 saturated heterocycles. The zero-order valence-electron chi connectivity index (χ0n) is 11.4. The van der Waals surface area contributed by atoms with Crippen LogP contribution in [0.1, 0.15) is 28.6 Å². The lowest BCUT2D eigenvalue weighted by molar-refractivity contribution is 0.0938. The molecule has 1 aromatic carbocycles. The summed E-state index contributed by atoms with van der Waals surface area (Å²) in [5.74, 6) is -0.267. The summed E-state index contributed by atoms with van der Waals surface area (Å²) in [6.07, 6.45) is 2.84. The first-order valence-corrected chi connectivity index (χ1v) is 7.12. The number of halogens is 2. The monoisotopic (exact) mass is 327 g/mol. The van der Waals surface area contributed by atoms with Gasteiger partial charge in [-0.1, -0.05) is 29.3 Å². The van der Waals surface area contributed by atoms with Gasteiger partial charge < -0.3 is 15.0 Å². The third-order valence-corrected chi connectivity index (χ3v) is 3.71. The molecule has 0 aliphatic rings. The van der Waals surface area contributed by atoms with Crippen molar-refractivity contribution in [3.63, 3.8) is 0 Å². The van der Waals surface area contributed by atoms with Gasteiger partial charge in [-0.25, -0.2) is 4.98 Å². The van der Waals surface area contributed by atoms with E-state index in [0.717, 1.165) is 0 Å². The highest BCUT2D eigenvalue weighted by atomic mass is 35.5. The molecule has 0 aliphatic carbocycles. The van der Waals surface area contributed by atoms with Crippen LogP contribution in [0.5, 0.6) is 0 Å². The molecule has 7 heteroatoms. The van der Waals surface area contributed by atoms with E-state index in [2.05, 4.69) is 10.3 Å². The first-order valence-electron chi connectivity index (χ1n) is 6.36. The standard InChI is InChI=1S/C14H15Cl2N3O2/c1-19-7-12(18-8-19)14(21)17-5-4-13(20)9-2-3-10(15)11(16)6-9/h2-3,6-8,13,20H,4-5H2,1H3,(H,17,21). The number of aliphatic hydroxyl groups is 1. The summed E-state index contributed by atoms with van der Waals surface area (Å²) >= 11 is 11.7. The molecule has 0 fully saturated rings. The Kier molecular flexibility index (Phi) is 5.22. The highest BCUT2D eigenvalue weighted by Crippen LogP contribution is 2.26. The number of nitrogens with one attached hydrogen (secondary N) is 1. The number of carbonyl (C=O) groups excluding carboxylic acids is 1. The molecule has 21 heavy (non-hydrogen) atoms. The maximum atomic E-state index is 11.8. The molecule has 2 aromatic rings. The Bertz CT molecular complexity index is 643. The summed E-state index contributed by atoms with van der Waals surface area (Å²) in [4.78, 5) is 15.7. The number of rotatable bonds is 5. The minimum absolute atomic E-state index is 0.267. The van der Waals surface area contributed by atoms with Gasteiger partial charge in [-0.05, 0) is 24.1 Å². The van der Waals surface area contributed by atoms with E-state index in [1.165, 1.54) is 0 Å². The Morgan fingerprint density at radius 1 is 1.43 bits per heavy atom. The quantitative estimate of drug-likeness (QED) is 0.886. The van der Waals surface area contributed by atoms with Gasteiger partial charge in [0.2, 0.25) is 0 Å². The van der Waals surface area contributed by atoms with Crippen LogP contribution in [0.25, 0.3) is 0 Å². The molecule has 0 spiro atoms. The van der Waals surface area contributed by atoms with Crippen molar-refractivity contribution in [2.75, 3.05) is 6.54 Å². The summed E-state index contributed by atoms with van der Waals surface area (Å²) in [5, 5.41) is 13.6. The number of nitrogens with zero attached hydrogens (tertiary/aromatic N) is 2. The second kappa shape index (κ2) is 6.93. The van der Waals surface area contributed by atoms with Crippen molar-refractivity contribution >= 4 is 29.1 Å². The minimum atomic E-state index is -0.719. The van der Waals surface area contributed by atoms with Gasteiger partial charge in [0.1, 0.15) is 5.69 Å². The third-order valence-electron chi connectivity index (χ3n) is 2.97. The molecule has 1 heterocycles. The van der Waals surface area contributed by atoms with E-state index in [1.807, 2.05) is 0 Å². The fourth-order valence-corrected chi connectivity index (χ4v) is 2.14. The van der Waals surface area contributed by atoms with Gasteiger partial charge in [0.15, 0.2) is 0 Å². The molecule has 112 valence electrons. The van der Waals surface area contributed by atoms with E-state index < -0.39 is 6.10 Å². The number of hydrogen-bond donors (Lipinski definition) is 2. The highest BCUT2D eigenvalue weighted by Gasteiger charge is 2.12. The van der Waals surface area contributed by atoms with Crippen LogP contribution in [-0.4, -0.2) is 27.1 Å². The summed E-state index contributed by atoms with van der Waals surface area (Å²) in [6.45, 7) is 0.330. The molecule has 1 unspecified atom stereocenters. The molecule has 5 nitrogen and oxygen atoms in total. The van der Waals surface area contributed by atoms with E-state index in [1.54, 1.807) is 42.3 Å². The zero-order chi connectivity index (χ0) is 15.4. The van der Waals surface area contributed by atoms with Crippen molar-refractivity contribution in [2.45, 2.75) is 12.5 Å². The Morgan fingerprint density at radius 2 is 2.19 bits per heavy atom. The van der Waals surface area contributed by atoms with Gasteiger partial charge in [0.05, 0.1) is 22.5 Å². The number of aliphatic hydroxyl groups excluding tert-OH is 1. The molecular formula is C14H15Cl2N3O2. The third kappa shape index (κ3) is 4.20. The molecule has 0 radical (unpaired) electrons. The predicted octanol–water partition coefficient (Wildman–Crippen LogP) is 2.58. The van der Waals surface area contributed by atoms with E-state index >= 15 is 0 Å². The molecular weight excluding hydrogens is 313 g/mol. The van der Waals surface area contributed by atoms with Gasteiger partial charge in [-0.3, -0.25) is 4.79 Å².